The highest BCUT2D eigenvalue weighted by atomic mass is 32.2. The zero-order chi connectivity index (χ0) is 23.8. The van der Waals surface area contributed by atoms with Crippen LogP contribution in [0.2, 0.25) is 0 Å². The van der Waals surface area contributed by atoms with Crippen molar-refractivity contribution >= 4 is 32.8 Å². The molecule has 0 saturated heterocycles. The number of thioether (sulfide) groups is 1. The molecule has 0 aliphatic carbocycles. The normalized spacial score (nSPS) is 12.2. The van der Waals surface area contributed by atoms with Crippen LogP contribution >= 0.6 is 11.8 Å². The molecule has 10 heteroatoms. The van der Waals surface area contributed by atoms with E-state index in [0.29, 0.717) is 22.4 Å². The van der Waals surface area contributed by atoms with Crippen molar-refractivity contribution < 1.29 is 12.8 Å². The van der Waals surface area contributed by atoms with Crippen LogP contribution in [0.25, 0.3) is 22.5 Å². The molecule has 8 nitrogen and oxygen atoms in total. The molecule has 0 bridgehead atoms. The van der Waals surface area contributed by atoms with E-state index in [1.165, 1.54) is 30.2 Å². The molecule has 2 aromatic carbocycles. The fraction of sp³-hybridized carbons (Fsp3) is 0.348. The molecular formula is C23H27N5O3S2. The molecule has 0 aliphatic rings. The van der Waals surface area contributed by atoms with Crippen molar-refractivity contribution in [2.75, 3.05) is 14.1 Å². The Labute approximate surface area is 198 Å². The predicted molar refractivity (Wildman–Crippen MR) is 130 cm³/mol. The van der Waals surface area contributed by atoms with Gasteiger partial charge < -0.3 is 8.98 Å². The molecule has 4 rings (SSSR count). The number of aromatic nitrogens is 4. The first-order valence-electron chi connectivity index (χ1n) is 10.7. The van der Waals surface area contributed by atoms with Crippen LogP contribution in [0.15, 0.2) is 50.9 Å². The number of sulfonamides is 1. The van der Waals surface area contributed by atoms with Gasteiger partial charge in [-0.1, -0.05) is 35.9 Å². The Bertz CT molecular complexity index is 1390. The molecule has 2 heterocycles. The summed E-state index contributed by atoms with van der Waals surface area (Å²) in [7, 11) is -0.480. The van der Waals surface area contributed by atoms with Crippen LogP contribution in [-0.4, -0.2) is 46.6 Å². The van der Waals surface area contributed by atoms with E-state index in [9.17, 15) is 8.42 Å². The lowest BCUT2D eigenvalue weighted by molar-refractivity contribution is 0.465. The van der Waals surface area contributed by atoms with E-state index in [4.69, 9.17) is 9.40 Å². The molecule has 0 spiro atoms. The monoisotopic (exact) mass is 485 g/mol. The molecule has 0 saturated carbocycles. The Kier molecular flexibility index (Phi) is 6.60. The highest BCUT2D eigenvalue weighted by Gasteiger charge is 2.20. The quantitative estimate of drug-likeness (QED) is 0.335. The molecule has 174 valence electrons. The summed E-state index contributed by atoms with van der Waals surface area (Å²) >= 11 is 1.42. The van der Waals surface area contributed by atoms with E-state index in [1.807, 2.05) is 32.0 Å². The lowest BCUT2D eigenvalue weighted by Gasteiger charge is -2.11. The summed E-state index contributed by atoms with van der Waals surface area (Å²) in [5, 5.41) is 8.86. The Morgan fingerprint density at radius 2 is 1.79 bits per heavy atom. The number of nitrogens with zero attached hydrogens (tertiary/aromatic N) is 5. The van der Waals surface area contributed by atoms with E-state index in [-0.39, 0.29) is 4.90 Å². The zero-order valence-electron chi connectivity index (χ0n) is 19.4. The molecule has 2 aromatic heterocycles. The number of fused-ring (bicyclic) bond motifs is 1. The van der Waals surface area contributed by atoms with E-state index in [1.54, 1.807) is 12.1 Å². The van der Waals surface area contributed by atoms with Gasteiger partial charge in [0.25, 0.3) is 5.22 Å². The van der Waals surface area contributed by atoms with Crippen molar-refractivity contribution in [3.05, 3.63) is 53.3 Å². The van der Waals surface area contributed by atoms with Crippen molar-refractivity contribution in [1.29, 1.82) is 0 Å². The van der Waals surface area contributed by atoms with Gasteiger partial charge in [0.1, 0.15) is 5.82 Å². The third kappa shape index (κ3) is 4.83. The SMILES string of the molecule is CCCn1c(CSc2nnc(-c3cc(C)cc(C)c3)o2)nc2cc(S(=O)(=O)N(C)C)ccc21. The summed E-state index contributed by atoms with van der Waals surface area (Å²) in [6, 6.07) is 11.2. The summed E-state index contributed by atoms with van der Waals surface area (Å²) in [5.41, 5.74) is 4.75. The van der Waals surface area contributed by atoms with Crippen molar-refractivity contribution in [3.63, 3.8) is 0 Å². The lowest BCUT2D eigenvalue weighted by atomic mass is 10.1. The molecule has 0 amide bonds. The summed E-state index contributed by atoms with van der Waals surface area (Å²) in [4.78, 5) is 4.97. The number of aryl methyl sites for hydroxylation is 3. The van der Waals surface area contributed by atoms with Gasteiger partial charge in [-0.05, 0) is 50.6 Å². The first kappa shape index (κ1) is 23.5. The number of benzene rings is 2. The average Bonchev–Trinajstić information content (AvgIpc) is 3.36. The smallest absolute Gasteiger partial charge is 0.277 e. The zero-order valence-corrected chi connectivity index (χ0v) is 21.0. The van der Waals surface area contributed by atoms with Gasteiger partial charge in [-0.3, -0.25) is 0 Å². The molecular weight excluding hydrogens is 458 g/mol. The van der Waals surface area contributed by atoms with Gasteiger partial charge in [-0.25, -0.2) is 17.7 Å². The number of hydrogen-bond acceptors (Lipinski definition) is 7. The average molecular weight is 486 g/mol. The van der Waals surface area contributed by atoms with Gasteiger partial charge >= 0.3 is 0 Å². The van der Waals surface area contributed by atoms with Crippen LogP contribution in [0.3, 0.4) is 0 Å². The highest BCUT2D eigenvalue weighted by molar-refractivity contribution is 7.98. The molecule has 0 aliphatic heterocycles. The molecule has 0 atom stereocenters. The Hall–Kier alpha value is -2.69. The molecule has 0 radical (unpaired) electrons. The fourth-order valence-electron chi connectivity index (χ4n) is 3.72. The van der Waals surface area contributed by atoms with E-state index < -0.39 is 10.0 Å². The lowest BCUT2D eigenvalue weighted by Crippen LogP contribution is -2.22. The number of rotatable bonds is 8. The van der Waals surface area contributed by atoms with Crippen molar-refractivity contribution in [1.82, 2.24) is 24.1 Å². The highest BCUT2D eigenvalue weighted by Crippen LogP contribution is 2.29. The maximum Gasteiger partial charge on any atom is 0.277 e. The molecule has 0 unspecified atom stereocenters. The predicted octanol–water partition coefficient (Wildman–Crippen LogP) is 4.66. The summed E-state index contributed by atoms with van der Waals surface area (Å²) in [5.74, 6) is 1.85. The van der Waals surface area contributed by atoms with Crippen molar-refractivity contribution in [2.45, 2.75) is 49.6 Å². The Morgan fingerprint density at radius 3 is 2.45 bits per heavy atom. The van der Waals surface area contributed by atoms with Gasteiger partial charge in [0.2, 0.25) is 15.9 Å². The molecule has 0 fully saturated rings. The number of imidazole rings is 1. The topological polar surface area (TPSA) is 94.1 Å². The molecule has 0 N–H and O–H groups in total. The van der Waals surface area contributed by atoms with E-state index >= 15 is 0 Å². The standard InChI is InChI=1S/C23H27N5O3S2/c1-6-9-28-20-8-7-18(33(29,30)27(4)5)13-19(20)24-21(28)14-32-23-26-25-22(31-23)17-11-15(2)10-16(3)12-17/h7-8,10-13H,6,9,14H2,1-5H3. The summed E-state index contributed by atoms with van der Waals surface area (Å²) < 4.78 is 34.3. The first-order chi connectivity index (χ1) is 15.7. The Morgan fingerprint density at radius 1 is 1.06 bits per heavy atom. The van der Waals surface area contributed by atoms with E-state index in [0.717, 1.165) is 41.0 Å². The van der Waals surface area contributed by atoms with Gasteiger partial charge in [-0.2, -0.15) is 0 Å². The van der Waals surface area contributed by atoms with Crippen LogP contribution < -0.4 is 0 Å². The van der Waals surface area contributed by atoms with Gasteiger partial charge in [-0.15, -0.1) is 10.2 Å². The third-order valence-electron chi connectivity index (χ3n) is 5.22. The largest absolute Gasteiger partial charge is 0.411 e. The third-order valence-corrected chi connectivity index (χ3v) is 7.85. The van der Waals surface area contributed by atoms with Gasteiger partial charge in [0, 0.05) is 26.2 Å². The summed E-state index contributed by atoms with van der Waals surface area (Å²) in [6.07, 6.45) is 0.929. The van der Waals surface area contributed by atoms with Gasteiger partial charge in [0.15, 0.2) is 0 Å². The minimum Gasteiger partial charge on any atom is -0.411 e. The minimum atomic E-state index is -3.52. The van der Waals surface area contributed by atoms with Crippen LogP contribution in [0.1, 0.15) is 30.3 Å². The van der Waals surface area contributed by atoms with Gasteiger partial charge in [0.05, 0.1) is 21.7 Å². The first-order valence-corrected chi connectivity index (χ1v) is 13.1. The fourth-order valence-corrected chi connectivity index (χ4v) is 5.35. The second-order valence-corrected chi connectivity index (χ2v) is 11.2. The molecule has 4 aromatic rings. The minimum absolute atomic E-state index is 0.232. The molecule has 33 heavy (non-hydrogen) atoms. The van der Waals surface area contributed by atoms with Crippen molar-refractivity contribution in [2.24, 2.45) is 0 Å². The summed E-state index contributed by atoms with van der Waals surface area (Å²) in [6.45, 7) is 6.96. The maximum atomic E-state index is 12.5. The van der Waals surface area contributed by atoms with Crippen molar-refractivity contribution in [3.8, 4) is 11.5 Å². The van der Waals surface area contributed by atoms with Crippen LogP contribution in [-0.2, 0) is 22.3 Å². The van der Waals surface area contributed by atoms with Crippen LogP contribution in [0, 0.1) is 13.8 Å². The number of hydrogen-bond donors (Lipinski definition) is 0. The van der Waals surface area contributed by atoms with Crippen LogP contribution in [0.5, 0.6) is 0 Å². The Balaban J connectivity index is 1.61. The second-order valence-electron chi connectivity index (χ2n) is 8.16. The second kappa shape index (κ2) is 9.28. The maximum absolute atomic E-state index is 12.5. The van der Waals surface area contributed by atoms with Crippen LogP contribution in [0.4, 0.5) is 0 Å². The van der Waals surface area contributed by atoms with E-state index in [2.05, 4.69) is 27.8 Å².